The highest BCUT2D eigenvalue weighted by Gasteiger charge is 2.54. The highest BCUT2D eigenvalue weighted by Crippen LogP contribution is 2.50. The molecular weight excluding hydrogens is 436 g/mol. The standard InChI is InChI=1S/C26H30N2O6/c1-25(2,3)34-23(31)27-15-13-26(14-16-27,22(29)30)28(24(32)33-4)21-19-11-7-5-9-17(19)18-10-6-8-12-20(18)21/h5-12,21H,13-16H2,1-4H3,(H,29,30). The fourth-order valence-corrected chi connectivity index (χ4v) is 4.98. The maximum absolute atomic E-state index is 13.3. The lowest BCUT2D eigenvalue weighted by Gasteiger charge is -2.47. The highest BCUT2D eigenvalue weighted by molar-refractivity contribution is 5.88. The summed E-state index contributed by atoms with van der Waals surface area (Å²) < 4.78 is 10.6. The number of amides is 2. The van der Waals surface area contributed by atoms with E-state index >= 15 is 0 Å². The van der Waals surface area contributed by atoms with Crippen LogP contribution in [0.15, 0.2) is 48.5 Å². The summed E-state index contributed by atoms with van der Waals surface area (Å²) in [7, 11) is 1.26. The van der Waals surface area contributed by atoms with Crippen LogP contribution >= 0.6 is 0 Å². The Morgan fingerprint density at radius 1 is 0.971 bits per heavy atom. The van der Waals surface area contributed by atoms with Crippen molar-refractivity contribution in [2.75, 3.05) is 20.2 Å². The van der Waals surface area contributed by atoms with Gasteiger partial charge in [-0.3, -0.25) is 4.90 Å². The van der Waals surface area contributed by atoms with Crippen molar-refractivity contribution < 1.29 is 29.0 Å². The van der Waals surface area contributed by atoms with Crippen molar-refractivity contribution in [3.8, 4) is 11.1 Å². The molecule has 8 nitrogen and oxygen atoms in total. The van der Waals surface area contributed by atoms with Crippen LogP contribution in [0.5, 0.6) is 0 Å². The van der Waals surface area contributed by atoms with Gasteiger partial charge in [-0.1, -0.05) is 48.5 Å². The molecule has 2 aliphatic rings. The van der Waals surface area contributed by atoms with Crippen LogP contribution < -0.4 is 0 Å². The zero-order valence-corrected chi connectivity index (χ0v) is 19.9. The van der Waals surface area contributed by atoms with E-state index in [1.807, 2.05) is 48.5 Å². The number of fused-ring (bicyclic) bond motifs is 3. The molecule has 4 rings (SSSR count). The molecule has 0 spiro atoms. The first kappa shape index (κ1) is 23.6. The van der Waals surface area contributed by atoms with E-state index < -0.39 is 35.3 Å². The lowest BCUT2D eigenvalue weighted by Crippen LogP contribution is -2.63. The monoisotopic (exact) mass is 466 g/mol. The van der Waals surface area contributed by atoms with Gasteiger partial charge in [-0.25, -0.2) is 14.4 Å². The molecule has 2 amide bonds. The summed E-state index contributed by atoms with van der Waals surface area (Å²) in [6.45, 7) is 5.63. The molecule has 2 aromatic carbocycles. The van der Waals surface area contributed by atoms with Crippen molar-refractivity contribution in [1.29, 1.82) is 0 Å². The first-order valence-electron chi connectivity index (χ1n) is 11.4. The molecule has 0 radical (unpaired) electrons. The molecule has 1 N–H and O–H groups in total. The summed E-state index contributed by atoms with van der Waals surface area (Å²) in [5.41, 5.74) is 1.41. The number of nitrogens with zero attached hydrogens (tertiary/aromatic N) is 2. The zero-order chi connectivity index (χ0) is 24.7. The summed E-state index contributed by atoms with van der Waals surface area (Å²) in [4.78, 5) is 41.6. The Morgan fingerprint density at radius 2 is 1.47 bits per heavy atom. The van der Waals surface area contributed by atoms with Crippen molar-refractivity contribution in [3.05, 3.63) is 59.7 Å². The Balaban J connectivity index is 1.75. The predicted octanol–water partition coefficient (Wildman–Crippen LogP) is 4.68. The van der Waals surface area contributed by atoms with Crippen LogP contribution in [0.3, 0.4) is 0 Å². The van der Waals surface area contributed by atoms with Gasteiger partial charge in [-0.15, -0.1) is 0 Å². The molecule has 1 aliphatic carbocycles. The Hall–Kier alpha value is -3.55. The molecule has 0 bridgehead atoms. The molecule has 180 valence electrons. The van der Waals surface area contributed by atoms with Crippen molar-refractivity contribution >= 4 is 18.2 Å². The van der Waals surface area contributed by atoms with E-state index in [0.29, 0.717) is 0 Å². The fourth-order valence-electron chi connectivity index (χ4n) is 4.98. The Morgan fingerprint density at radius 3 is 1.91 bits per heavy atom. The molecule has 34 heavy (non-hydrogen) atoms. The van der Waals surface area contributed by atoms with Crippen LogP contribution in [0, 0.1) is 0 Å². The van der Waals surface area contributed by atoms with Gasteiger partial charge in [0.15, 0.2) is 0 Å². The smallest absolute Gasteiger partial charge is 0.411 e. The van der Waals surface area contributed by atoms with Gasteiger partial charge in [0.25, 0.3) is 0 Å². The van der Waals surface area contributed by atoms with Gasteiger partial charge in [-0.05, 0) is 55.9 Å². The second-order valence-electron chi connectivity index (χ2n) is 9.72. The van der Waals surface area contributed by atoms with Gasteiger partial charge in [0.2, 0.25) is 0 Å². The minimum Gasteiger partial charge on any atom is -0.479 e. The van der Waals surface area contributed by atoms with E-state index in [4.69, 9.17) is 9.47 Å². The number of methoxy groups -OCH3 is 1. The third-order valence-corrected chi connectivity index (χ3v) is 6.53. The number of carboxylic acids is 1. The number of hydrogen-bond acceptors (Lipinski definition) is 5. The third-order valence-electron chi connectivity index (χ3n) is 6.53. The van der Waals surface area contributed by atoms with Gasteiger partial charge >= 0.3 is 18.2 Å². The molecule has 1 fully saturated rings. The molecular formula is C26H30N2O6. The molecule has 0 aromatic heterocycles. The van der Waals surface area contributed by atoms with Crippen molar-refractivity contribution in [2.24, 2.45) is 0 Å². The Labute approximate surface area is 199 Å². The van der Waals surface area contributed by atoms with Gasteiger partial charge in [-0.2, -0.15) is 0 Å². The number of likely N-dealkylation sites (tertiary alicyclic amines) is 1. The van der Waals surface area contributed by atoms with Crippen molar-refractivity contribution in [3.63, 3.8) is 0 Å². The average molecular weight is 467 g/mol. The maximum Gasteiger partial charge on any atom is 0.411 e. The number of benzene rings is 2. The SMILES string of the molecule is COC(=O)N(C1c2ccccc2-c2ccccc21)C1(C(=O)O)CCN(C(=O)OC(C)(C)C)CC1. The van der Waals surface area contributed by atoms with E-state index in [1.54, 1.807) is 20.8 Å². The first-order valence-corrected chi connectivity index (χ1v) is 11.4. The van der Waals surface area contributed by atoms with Crippen molar-refractivity contribution in [1.82, 2.24) is 9.80 Å². The summed E-state index contributed by atoms with van der Waals surface area (Å²) >= 11 is 0. The van der Waals surface area contributed by atoms with Crippen LogP contribution in [-0.2, 0) is 14.3 Å². The predicted molar refractivity (Wildman–Crippen MR) is 125 cm³/mol. The van der Waals surface area contributed by atoms with E-state index in [-0.39, 0.29) is 25.9 Å². The molecule has 1 aliphatic heterocycles. The lowest BCUT2D eigenvalue weighted by atomic mass is 9.83. The minimum atomic E-state index is -1.55. The molecule has 8 heteroatoms. The van der Waals surface area contributed by atoms with E-state index in [1.165, 1.54) is 16.9 Å². The number of carboxylic acid groups (broad SMARTS) is 1. The van der Waals surface area contributed by atoms with E-state index in [9.17, 15) is 19.5 Å². The quantitative estimate of drug-likeness (QED) is 0.706. The fraction of sp³-hybridized carbons (Fsp3) is 0.423. The number of ether oxygens (including phenoxy) is 2. The van der Waals surface area contributed by atoms with E-state index in [0.717, 1.165) is 22.3 Å². The highest BCUT2D eigenvalue weighted by atomic mass is 16.6. The largest absolute Gasteiger partial charge is 0.479 e. The molecule has 2 aromatic rings. The number of carbonyl (C=O) groups excluding carboxylic acids is 2. The topological polar surface area (TPSA) is 96.4 Å². The van der Waals surface area contributed by atoms with Gasteiger partial charge < -0.3 is 19.5 Å². The van der Waals surface area contributed by atoms with Crippen LogP contribution in [0.1, 0.15) is 50.8 Å². The normalized spacial score (nSPS) is 16.9. The van der Waals surface area contributed by atoms with Crippen LogP contribution in [0.25, 0.3) is 11.1 Å². The molecule has 0 saturated carbocycles. The molecule has 1 heterocycles. The number of aliphatic carboxylic acids is 1. The van der Waals surface area contributed by atoms with Crippen LogP contribution in [0.4, 0.5) is 9.59 Å². The number of hydrogen-bond donors (Lipinski definition) is 1. The minimum absolute atomic E-state index is 0.0531. The van der Waals surface area contributed by atoms with Gasteiger partial charge in [0, 0.05) is 13.1 Å². The third kappa shape index (κ3) is 3.97. The average Bonchev–Trinajstić information content (AvgIpc) is 3.12. The Bertz CT molecular complexity index is 1070. The number of piperidine rings is 1. The lowest BCUT2D eigenvalue weighted by molar-refractivity contribution is -0.155. The van der Waals surface area contributed by atoms with Crippen LogP contribution in [-0.4, -0.2) is 64.4 Å². The summed E-state index contributed by atoms with van der Waals surface area (Å²) in [6, 6.07) is 14.8. The Kier molecular flexibility index (Phi) is 6.02. The summed E-state index contributed by atoms with van der Waals surface area (Å²) in [5.74, 6) is -1.12. The zero-order valence-electron chi connectivity index (χ0n) is 19.9. The molecule has 0 atom stereocenters. The summed E-state index contributed by atoms with van der Waals surface area (Å²) in [6.07, 6.45) is -1.10. The summed E-state index contributed by atoms with van der Waals surface area (Å²) in [5, 5.41) is 10.5. The van der Waals surface area contributed by atoms with Crippen LogP contribution in [0.2, 0.25) is 0 Å². The molecule has 0 unspecified atom stereocenters. The second kappa shape index (κ2) is 8.66. The van der Waals surface area contributed by atoms with Gasteiger partial charge in [0.1, 0.15) is 11.1 Å². The first-order chi connectivity index (χ1) is 16.1. The maximum atomic E-state index is 13.3. The number of carbonyl (C=O) groups is 3. The van der Waals surface area contributed by atoms with Gasteiger partial charge in [0.05, 0.1) is 13.2 Å². The van der Waals surface area contributed by atoms with E-state index in [2.05, 4.69) is 0 Å². The van der Waals surface area contributed by atoms with Crippen molar-refractivity contribution in [2.45, 2.75) is 50.8 Å². The number of rotatable bonds is 3. The molecule has 1 saturated heterocycles. The second-order valence-corrected chi connectivity index (χ2v) is 9.72.